The summed E-state index contributed by atoms with van der Waals surface area (Å²) in [6.07, 6.45) is 2.38. The first-order valence-electron chi connectivity index (χ1n) is 11.3. The molecule has 9 heteroatoms. The fraction of sp³-hybridized carbons (Fsp3) is 0.185. The van der Waals surface area contributed by atoms with Gasteiger partial charge in [-0.15, -0.1) is 0 Å². The Labute approximate surface area is 229 Å². The van der Waals surface area contributed by atoms with Crippen molar-refractivity contribution in [2.45, 2.75) is 13.3 Å². The molecule has 186 valence electrons. The van der Waals surface area contributed by atoms with Gasteiger partial charge in [0.05, 0.1) is 40.5 Å². The molecule has 4 rings (SSSR count). The number of benzene rings is 3. The van der Waals surface area contributed by atoms with Crippen LogP contribution < -0.4 is 19.1 Å². The second-order valence-corrected chi connectivity index (χ2v) is 10.1. The zero-order chi connectivity index (χ0) is 25.5. The van der Waals surface area contributed by atoms with Gasteiger partial charge < -0.3 is 14.2 Å². The van der Waals surface area contributed by atoms with Crippen LogP contribution in [0.2, 0.25) is 10.0 Å². The topological polar surface area (TPSA) is 48.0 Å². The Bertz CT molecular complexity index is 1280. The van der Waals surface area contributed by atoms with E-state index >= 15 is 0 Å². The number of anilines is 1. The number of halogens is 2. The smallest absolute Gasteiger partial charge is 0.270 e. The van der Waals surface area contributed by atoms with Crippen LogP contribution in [0.1, 0.15) is 18.9 Å². The third kappa shape index (κ3) is 6.34. The zero-order valence-electron chi connectivity index (χ0n) is 19.4. The molecule has 1 heterocycles. The quantitative estimate of drug-likeness (QED) is 0.144. The summed E-state index contributed by atoms with van der Waals surface area (Å²) in [6, 6.07) is 20.2. The second kappa shape index (κ2) is 12.5. The molecule has 1 aliphatic rings. The lowest BCUT2D eigenvalue weighted by Crippen LogP contribution is -2.27. The van der Waals surface area contributed by atoms with Gasteiger partial charge in [-0.05, 0) is 55.0 Å². The highest BCUT2D eigenvalue weighted by Gasteiger charge is 2.33. The maximum Gasteiger partial charge on any atom is 0.270 e. The third-order valence-electron chi connectivity index (χ3n) is 5.07. The van der Waals surface area contributed by atoms with Crippen LogP contribution >= 0.6 is 47.2 Å². The molecule has 0 aliphatic carbocycles. The monoisotopic (exact) mass is 559 g/mol. The number of carbonyl (C=O) groups is 1. The predicted octanol–water partition coefficient (Wildman–Crippen LogP) is 7.65. The van der Waals surface area contributed by atoms with Gasteiger partial charge >= 0.3 is 0 Å². The number of hydrogen-bond donors (Lipinski definition) is 0. The van der Waals surface area contributed by atoms with Crippen LogP contribution in [-0.2, 0) is 4.79 Å². The minimum absolute atomic E-state index is 0.177. The molecule has 3 aromatic rings. The molecule has 0 N–H and O–H groups in total. The van der Waals surface area contributed by atoms with Gasteiger partial charge in [0.25, 0.3) is 5.91 Å². The first-order chi connectivity index (χ1) is 17.5. The largest absolute Gasteiger partial charge is 0.492 e. The number of thioether (sulfide) groups is 1. The Morgan fingerprint density at radius 2 is 1.64 bits per heavy atom. The van der Waals surface area contributed by atoms with Crippen molar-refractivity contribution >= 4 is 69.2 Å². The standard InChI is InChI=1S/C27H23Cl2NO4S2/c1-2-32-23-16-18(17-24-26(31)30(27(35)36-24)19-9-4-3-5-10-19)15-21(29)25(23)34-14-8-13-33-22-12-7-6-11-20(22)28/h3-7,9-12,15-17H,2,8,13-14H2,1H3. The van der Waals surface area contributed by atoms with Gasteiger partial charge in [0.1, 0.15) is 5.75 Å². The molecule has 0 aromatic heterocycles. The third-order valence-corrected chi connectivity index (χ3v) is 6.96. The van der Waals surface area contributed by atoms with Gasteiger partial charge in [0.2, 0.25) is 0 Å². The van der Waals surface area contributed by atoms with Gasteiger partial charge in [-0.3, -0.25) is 9.69 Å². The summed E-state index contributed by atoms with van der Waals surface area (Å²) in [6.45, 7) is 3.13. The number of rotatable bonds is 10. The highest BCUT2D eigenvalue weighted by Crippen LogP contribution is 2.40. The van der Waals surface area contributed by atoms with Crippen molar-refractivity contribution in [3.63, 3.8) is 0 Å². The molecule has 5 nitrogen and oxygen atoms in total. The lowest BCUT2D eigenvalue weighted by molar-refractivity contribution is -0.113. The Kier molecular flexibility index (Phi) is 9.15. The molecule has 0 radical (unpaired) electrons. The zero-order valence-corrected chi connectivity index (χ0v) is 22.6. The number of nitrogens with zero attached hydrogens (tertiary/aromatic N) is 1. The summed E-state index contributed by atoms with van der Waals surface area (Å²) in [5, 5.41) is 0.953. The molecule has 0 atom stereocenters. The van der Waals surface area contributed by atoms with E-state index in [1.165, 1.54) is 16.7 Å². The Balaban J connectivity index is 1.44. The van der Waals surface area contributed by atoms with Crippen LogP contribution in [0.3, 0.4) is 0 Å². The van der Waals surface area contributed by atoms with E-state index in [1.807, 2.05) is 55.5 Å². The van der Waals surface area contributed by atoms with Crippen molar-refractivity contribution in [3.05, 3.63) is 87.2 Å². The second-order valence-electron chi connectivity index (χ2n) is 7.60. The molecule has 1 fully saturated rings. The summed E-state index contributed by atoms with van der Waals surface area (Å²) < 4.78 is 17.9. The Morgan fingerprint density at radius 3 is 2.39 bits per heavy atom. The van der Waals surface area contributed by atoms with E-state index in [0.717, 1.165) is 5.69 Å². The van der Waals surface area contributed by atoms with Gasteiger partial charge in [-0.25, -0.2) is 0 Å². The molecular weight excluding hydrogens is 537 g/mol. The van der Waals surface area contributed by atoms with E-state index in [4.69, 9.17) is 49.6 Å². The molecule has 36 heavy (non-hydrogen) atoms. The fourth-order valence-corrected chi connectivity index (χ4v) is 5.23. The van der Waals surface area contributed by atoms with Crippen LogP contribution in [0.25, 0.3) is 6.08 Å². The minimum atomic E-state index is -0.177. The highest BCUT2D eigenvalue weighted by atomic mass is 35.5. The molecule has 3 aromatic carbocycles. The number of carbonyl (C=O) groups excluding carboxylic acids is 1. The molecular formula is C27H23Cl2NO4S2. The van der Waals surface area contributed by atoms with Gasteiger partial charge in [-0.2, -0.15) is 0 Å². The van der Waals surface area contributed by atoms with E-state index in [1.54, 1.807) is 24.3 Å². The van der Waals surface area contributed by atoms with Crippen molar-refractivity contribution in [1.29, 1.82) is 0 Å². The van der Waals surface area contributed by atoms with Gasteiger partial charge in [0, 0.05) is 6.42 Å². The van der Waals surface area contributed by atoms with Crippen molar-refractivity contribution in [1.82, 2.24) is 0 Å². The number of thiocarbonyl (C=S) groups is 1. The molecule has 1 amide bonds. The van der Waals surface area contributed by atoms with Crippen molar-refractivity contribution in [2.75, 3.05) is 24.7 Å². The van der Waals surface area contributed by atoms with E-state index in [-0.39, 0.29) is 5.91 Å². The Hall–Kier alpha value is -2.71. The average Bonchev–Trinajstić information content (AvgIpc) is 3.14. The van der Waals surface area contributed by atoms with E-state index in [2.05, 4.69) is 0 Å². The minimum Gasteiger partial charge on any atom is -0.492 e. The summed E-state index contributed by atoms with van der Waals surface area (Å²) in [5.74, 6) is 1.41. The summed E-state index contributed by atoms with van der Waals surface area (Å²) >= 11 is 19.4. The number of hydrogen-bond acceptors (Lipinski definition) is 6. The van der Waals surface area contributed by atoms with E-state index < -0.39 is 0 Å². The van der Waals surface area contributed by atoms with Crippen molar-refractivity contribution < 1.29 is 19.0 Å². The maximum absolute atomic E-state index is 13.0. The summed E-state index contributed by atoms with van der Waals surface area (Å²) in [7, 11) is 0. The number of para-hydroxylation sites is 2. The van der Waals surface area contributed by atoms with Crippen LogP contribution in [0.4, 0.5) is 5.69 Å². The van der Waals surface area contributed by atoms with Gasteiger partial charge in [0.15, 0.2) is 15.8 Å². The van der Waals surface area contributed by atoms with Crippen LogP contribution in [0, 0.1) is 0 Å². The first-order valence-corrected chi connectivity index (χ1v) is 13.3. The lowest BCUT2D eigenvalue weighted by atomic mass is 10.1. The SMILES string of the molecule is CCOc1cc(C=C2SC(=S)N(c3ccccc3)C2=O)cc(Cl)c1OCCCOc1ccccc1Cl. The normalized spacial score (nSPS) is 14.4. The maximum atomic E-state index is 13.0. The number of amides is 1. The summed E-state index contributed by atoms with van der Waals surface area (Å²) in [5.41, 5.74) is 1.45. The molecule has 0 bridgehead atoms. The number of ether oxygens (including phenoxy) is 3. The van der Waals surface area contributed by atoms with Crippen LogP contribution in [-0.4, -0.2) is 30.0 Å². The summed E-state index contributed by atoms with van der Waals surface area (Å²) in [4.78, 5) is 15.1. The predicted molar refractivity (Wildman–Crippen MR) is 152 cm³/mol. The van der Waals surface area contributed by atoms with Crippen molar-refractivity contribution in [3.8, 4) is 17.2 Å². The first kappa shape index (κ1) is 26.4. The van der Waals surface area contributed by atoms with E-state index in [0.29, 0.717) is 68.3 Å². The average molecular weight is 561 g/mol. The fourth-order valence-electron chi connectivity index (χ4n) is 3.47. The van der Waals surface area contributed by atoms with Crippen LogP contribution in [0.15, 0.2) is 71.6 Å². The molecule has 1 aliphatic heterocycles. The van der Waals surface area contributed by atoms with Gasteiger partial charge in [-0.1, -0.05) is 77.5 Å². The highest BCUT2D eigenvalue weighted by molar-refractivity contribution is 8.27. The van der Waals surface area contributed by atoms with Crippen LogP contribution in [0.5, 0.6) is 17.2 Å². The molecule has 1 saturated heterocycles. The van der Waals surface area contributed by atoms with E-state index in [9.17, 15) is 4.79 Å². The molecule has 0 unspecified atom stereocenters. The lowest BCUT2D eigenvalue weighted by Gasteiger charge is -2.15. The molecule has 0 saturated carbocycles. The van der Waals surface area contributed by atoms with Crippen molar-refractivity contribution in [2.24, 2.45) is 0 Å². The molecule has 0 spiro atoms. The Morgan fingerprint density at radius 1 is 0.917 bits per heavy atom.